The van der Waals surface area contributed by atoms with Crippen LogP contribution in [-0.4, -0.2) is 48.3 Å². The summed E-state index contributed by atoms with van der Waals surface area (Å²) in [5, 5.41) is 6.48. The van der Waals surface area contributed by atoms with Crippen molar-refractivity contribution >= 4 is 39.2 Å². The number of benzene rings is 1. The van der Waals surface area contributed by atoms with E-state index in [1.807, 2.05) is 13.8 Å². The molecule has 232 valence electrons. The number of carbonyl (C=O) groups excluding carboxylic acids is 2. The average Bonchev–Trinajstić information content (AvgIpc) is 3.41. The Morgan fingerprint density at radius 2 is 1.79 bits per heavy atom. The lowest BCUT2D eigenvalue weighted by molar-refractivity contribution is 0.109. The molecule has 0 radical (unpaired) electrons. The molecule has 0 aliphatic heterocycles. The zero-order valence-electron chi connectivity index (χ0n) is 25.0. The van der Waals surface area contributed by atoms with Gasteiger partial charge < -0.3 is 14.8 Å². The average molecular weight is 630 g/mol. The van der Waals surface area contributed by atoms with E-state index in [1.165, 1.54) is 17.4 Å². The number of carbonyl (C=O) groups is 2. The zero-order chi connectivity index (χ0) is 31.2. The van der Waals surface area contributed by atoms with Gasteiger partial charge in [0.15, 0.2) is 0 Å². The van der Waals surface area contributed by atoms with Gasteiger partial charge in [0, 0.05) is 41.1 Å². The molecular formula is C30H39N5O6S2. The fourth-order valence-corrected chi connectivity index (χ4v) is 7.62. The Morgan fingerprint density at radius 3 is 2.44 bits per heavy atom. The molecule has 0 saturated heterocycles. The van der Waals surface area contributed by atoms with Crippen molar-refractivity contribution in [2.24, 2.45) is 0 Å². The Kier molecular flexibility index (Phi) is 10.4. The second-order valence-electron chi connectivity index (χ2n) is 11.8. The molecule has 1 aromatic carbocycles. The van der Waals surface area contributed by atoms with Crippen LogP contribution in [0.3, 0.4) is 0 Å². The molecule has 3 N–H and O–H groups in total. The van der Waals surface area contributed by atoms with E-state index in [2.05, 4.69) is 25.3 Å². The summed E-state index contributed by atoms with van der Waals surface area (Å²) in [5.41, 5.74) is 0.620. The van der Waals surface area contributed by atoms with Crippen LogP contribution < -0.4 is 15.4 Å². The van der Waals surface area contributed by atoms with Gasteiger partial charge in [0.05, 0.1) is 26.6 Å². The minimum atomic E-state index is -3.98. The first kappa shape index (κ1) is 32.4. The summed E-state index contributed by atoms with van der Waals surface area (Å²) in [6, 6.07) is 10.1. The number of amides is 2. The number of sulfonamides is 1. The Hall–Kier alpha value is -3.55. The van der Waals surface area contributed by atoms with Crippen LogP contribution in [0.5, 0.6) is 0 Å². The van der Waals surface area contributed by atoms with E-state index in [0.717, 1.165) is 30.7 Å². The second-order valence-corrected chi connectivity index (χ2v) is 14.5. The summed E-state index contributed by atoms with van der Waals surface area (Å²) in [6.45, 7) is 8.90. The molecule has 1 saturated carbocycles. The van der Waals surface area contributed by atoms with Crippen LogP contribution in [0.4, 0.5) is 15.3 Å². The molecule has 4 rings (SSSR count). The van der Waals surface area contributed by atoms with Gasteiger partial charge in [-0.3, -0.25) is 10.3 Å². The normalized spacial score (nSPS) is 17.3. The largest absolute Gasteiger partial charge is 0.447 e. The van der Waals surface area contributed by atoms with Crippen LogP contribution in [0, 0.1) is 0 Å². The molecule has 0 spiro atoms. The minimum absolute atomic E-state index is 0.0227. The Balaban J connectivity index is 1.50. The molecule has 11 nitrogen and oxygen atoms in total. The van der Waals surface area contributed by atoms with E-state index in [4.69, 9.17) is 9.47 Å². The number of nitrogens with one attached hydrogen (secondary N) is 3. The van der Waals surface area contributed by atoms with Gasteiger partial charge in [-0.05, 0) is 84.6 Å². The molecule has 43 heavy (non-hydrogen) atoms. The maximum absolute atomic E-state index is 13.6. The van der Waals surface area contributed by atoms with E-state index in [1.54, 1.807) is 63.5 Å². The van der Waals surface area contributed by atoms with Gasteiger partial charge in [0.1, 0.15) is 6.61 Å². The van der Waals surface area contributed by atoms with Gasteiger partial charge in [-0.25, -0.2) is 27.7 Å². The number of rotatable bonds is 9. The summed E-state index contributed by atoms with van der Waals surface area (Å²) in [6.07, 6.45) is 5.31. The number of pyridine rings is 1. The molecule has 3 aromatic rings. The lowest BCUT2D eigenvalue weighted by Gasteiger charge is -2.28. The summed E-state index contributed by atoms with van der Waals surface area (Å²) >= 11 is 1.46. The number of hydrogen-bond acceptors (Lipinski definition) is 9. The van der Waals surface area contributed by atoms with E-state index in [0.29, 0.717) is 16.1 Å². The Morgan fingerprint density at radius 1 is 1.05 bits per heavy atom. The fourth-order valence-electron chi connectivity index (χ4n) is 4.76. The molecule has 13 heteroatoms. The molecule has 0 unspecified atom stereocenters. The third-order valence-electron chi connectivity index (χ3n) is 6.57. The molecule has 2 amide bonds. The van der Waals surface area contributed by atoms with Gasteiger partial charge in [-0.1, -0.05) is 12.1 Å². The molecule has 2 heterocycles. The van der Waals surface area contributed by atoms with Crippen LogP contribution in [0.1, 0.15) is 76.9 Å². The molecule has 0 bridgehead atoms. The SMILES string of the molecule is CC(C)OC(=O)N[C@H]1CC[C@H](c2ncc(-c3ccc(NC(=O)OCc4ccccn4)cc3S(=O)(=O)NC(C)(C)C)s2)CC1. The van der Waals surface area contributed by atoms with Crippen LogP contribution in [-0.2, 0) is 26.1 Å². The quantitative estimate of drug-likeness (QED) is 0.254. The minimum Gasteiger partial charge on any atom is -0.447 e. The van der Waals surface area contributed by atoms with E-state index in [-0.39, 0.29) is 35.3 Å². The first-order valence-electron chi connectivity index (χ1n) is 14.2. The highest BCUT2D eigenvalue weighted by Crippen LogP contribution is 2.40. The Bertz CT molecular complexity index is 1510. The van der Waals surface area contributed by atoms with E-state index < -0.39 is 27.7 Å². The van der Waals surface area contributed by atoms with Crippen molar-refractivity contribution in [1.82, 2.24) is 20.0 Å². The summed E-state index contributed by atoms with van der Waals surface area (Å²) in [5.74, 6) is 0.209. The van der Waals surface area contributed by atoms with Crippen LogP contribution in [0.15, 0.2) is 53.7 Å². The first-order chi connectivity index (χ1) is 20.3. The maximum atomic E-state index is 13.6. The zero-order valence-corrected chi connectivity index (χ0v) is 26.7. The highest BCUT2D eigenvalue weighted by Gasteiger charge is 2.29. The molecular weight excluding hydrogens is 590 g/mol. The van der Waals surface area contributed by atoms with E-state index in [9.17, 15) is 18.0 Å². The van der Waals surface area contributed by atoms with Crippen molar-refractivity contribution in [2.75, 3.05) is 5.32 Å². The highest BCUT2D eigenvalue weighted by molar-refractivity contribution is 7.89. The molecule has 0 atom stereocenters. The topological polar surface area (TPSA) is 149 Å². The standard InChI is InChI=1S/C30H39N5O6S2/c1-19(2)41-29(37)33-21-11-9-20(10-12-21)27-32-17-25(42-27)24-14-13-22(16-26(24)43(38,39)35-30(3,4)5)34-28(36)40-18-23-8-6-7-15-31-23/h6-8,13-17,19-21,35H,9-12,18H2,1-5H3,(H,33,37)(H,34,36)/t20-,21-. The number of alkyl carbamates (subject to hydrolysis) is 1. The lowest BCUT2D eigenvalue weighted by atomic mass is 9.86. The van der Waals surface area contributed by atoms with Gasteiger partial charge in [0.2, 0.25) is 10.0 Å². The van der Waals surface area contributed by atoms with Crippen LogP contribution >= 0.6 is 11.3 Å². The summed E-state index contributed by atoms with van der Waals surface area (Å²) < 4.78 is 40.3. The molecule has 1 fully saturated rings. The third-order valence-corrected chi connectivity index (χ3v) is 9.56. The van der Waals surface area contributed by atoms with Crippen molar-refractivity contribution in [3.05, 3.63) is 59.5 Å². The van der Waals surface area contributed by atoms with Gasteiger partial charge in [0.25, 0.3) is 0 Å². The number of nitrogens with zero attached hydrogens (tertiary/aromatic N) is 2. The lowest BCUT2D eigenvalue weighted by Crippen LogP contribution is -2.40. The van der Waals surface area contributed by atoms with Gasteiger partial charge in [-0.15, -0.1) is 11.3 Å². The van der Waals surface area contributed by atoms with Crippen LogP contribution in [0.25, 0.3) is 10.4 Å². The van der Waals surface area contributed by atoms with E-state index >= 15 is 0 Å². The number of hydrogen-bond donors (Lipinski definition) is 3. The number of ether oxygens (including phenoxy) is 2. The number of thiazole rings is 1. The molecule has 2 aromatic heterocycles. The maximum Gasteiger partial charge on any atom is 0.412 e. The van der Waals surface area contributed by atoms with Crippen molar-refractivity contribution < 1.29 is 27.5 Å². The van der Waals surface area contributed by atoms with Crippen molar-refractivity contribution in [2.45, 2.75) is 95.4 Å². The smallest absolute Gasteiger partial charge is 0.412 e. The Labute approximate surface area is 256 Å². The van der Waals surface area contributed by atoms with Crippen molar-refractivity contribution in [3.8, 4) is 10.4 Å². The highest BCUT2D eigenvalue weighted by atomic mass is 32.2. The molecule has 1 aliphatic carbocycles. The summed E-state index contributed by atoms with van der Waals surface area (Å²) in [7, 11) is -3.98. The number of anilines is 1. The monoisotopic (exact) mass is 629 g/mol. The van der Waals surface area contributed by atoms with Crippen molar-refractivity contribution in [1.29, 1.82) is 0 Å². The molecule has 1 aliphatic rings. The fraction of sp³-hybridized carbons (Fsp3) is 0.467. The number of aromatic nitrogens is 2. The third kappa shape index (κ3) is 9.47. The second kappa shape index (κ2) is 13.8. The predicted molar refractivity (Wildman–Crippen MR) is 165 cm³/mol. The van der Waals surface area contributed by atoms with Gasteiger partial charge in [-0.2, -0.15) is 0 Å². The van der Waals surface area contributed by atoms with Crippen molar-refractivity contribution in [3.63, 3.8) is 0 Å². The summed E-state index contributed by atoms with van der Waals surface area (Å²) in [4.78, 5) is 34.0. The predicted octanol–water partition coefficient (Wildman–Crippen LogP) is 6.19. The van der Waals surface area contributed by atoms with Crippen LogP contribution in [0.2, 0.25) is 0 Å². The van der Waals surface area contributed by atoms with Gasteiger partial charge >= 0.3 is 12.2 Å². The first-order valence-corrected chi connectivity index (χ1v) is 16.5.